The maximum absolute atomic E-state index is 12.9. The summed E-state index contributed by atoms with van der Waals surface area (Å²) in [5, 5.41) is 11.8. The van der Waals surface area contributed by atoms with Gasteiger partial charge in [0.05, 0.1) is 11.5 Å². The van der Waals surface area contributed by atoms with Crippen molar-refractivity contribution in [2.24, 2.45) is 0 Å². The van der Waals surface area contributed by atoms with Gasteiger partial charge in [-0.3, -0.25) is 24.6 Å². The number of hydrogen-bond donors (Lipinski definition) is 0. The Hall–Kier alpha value is -4.04. The number of fused-ring (bicyclic) bond motifs is 1. The minimum atomic E-state index is -0.433. The van der Waals surface area contributed by atoms with E-state index in [0.29, 0.717) is 56.1 Å². The molecule has 3 aromatic rings. The normalized spacial score (nSPS) is 15.7. The zero-order chi connectivity index (χ0) is 24.4. The van der Waals surface area contributed by atoms with E-state index in [-0.39, 0.29) is 17.4 Å². The van der Waals surface area contributed by atoms with Gasteiger partial charge in [-0.05, 0) is 30.2 Å². The molecule has 0 aromatic heterocycles. The number of benzene rings is 3. The van der Waals surface area contributed by atoms with E-state index in [9.17, 15) is 19.7 Å². The molecule has 0 atom stereocenters. The zero-order valence-corrected chi connectivity index (χ0v) is 19.3. The molecule has 2 aliphatic heterocycles. The van der Waals surface area contributed by atoms with Crippen LogP contribution in [0.1, 0.15) is 21.5 Å². The summed E-state index contributed by atoms with van der Waals surface area (Å²) in [5.74, 6) is -0.162. The molecule has 1 saturated heterocycles. The Morgan fingerprint density at radius 2 is 1.51 bits per heavy atom. The Labute approximate surface area is 203 Å². The lowest BCUT2D eigenvalue weighted by Gasteiger charge is -2.36. The number of carbonyl (C=O) groups excluding carboxylic acids is 2. The number of piperazine rings is 1. The molecule has 0 unspecified atom stereocenters. The van der Waals surface area contributed by atoms with Crippen molar-refractivity contribution in [2.45, 2.75) is 6.42 Å². The van der Waals surface area contributed by atoms with E-state index in [1.165, 1.54) is 11.6 Å². The number of nitro benzene ring substituents is 1. The van der Waals surface area contributed by atoms with Crippen molar-refractivity contribution < 1.29 is 14.5 Å². The molecule has 0 bridgehead atoms. The standard InChI is InChI=1S/C27H26N4O4/c32-26(30-13-12-20-6-4-5-9-23(20)30)19-28-14-16-29(17-15-28)24-11-10-22(18-25(24)31(34)35)27(33)21-7-2-1-3-8-21/h1-11,18H,12-17,19H2. The second-order valence-corrected chi connectivity index (χ2v) is 8.84. The van der Waals surface area contributed by atoms with E-state index in [4.69, 9.17) is 0 Å². The minimum Gasteiger partial charge on any atom is -0.363 e. The van der Waals surface area contributed by atoms with Crippen LogP contribution in [0.3, 0.4) is 0 Å². The van der Waals surface area contributed by atoms with Gasteiger partial charge >= 0.3 is 0 Å². The Kier molecular flexibility index (Phi) is 6.29. The van der Waals surface area contributed by atoms with E-state index < -0.39 is 4.92 Å². The minimum absolute atomic E-state index is 0.0787. The van der Waals surface area contributed by atoms with Gasteiger partial charge in [-0.25, -0.2) is 0 Å². The van der Waals surface area contributed by atoms with Crippen molar-refractivity contribution in [3.05, 3.63) is 99.6 Å². The van der Waals surface area contributed by atoms with Gasteiger partial charge in [0.25, 0.3) is 5.69 Å². The topological polar surface area (TPSA) is 87.0 Å². The summed E-state index contributed by atoms with van der Waals surface area (Å²) in [6, 6.07) is 21.4. The largest absolute Gasteiger partial charge is 0.363 e. The molecule has 0 N–H and O–H groups in total. The first kappa shape index (κ1) is 22.7. The Bertz CT molecular complexity index is 1270. The van der Waals surface area contributed by atoms with Crippen molar-refractivity contribution >= 4 is 28.8 Å². The van der Waals surface area contributed by atoms with Crippen LogP contribution in [0.15, 0.2) is 72.8 Å². The number of nitrogens with zero attached hydrogens (tertiary/aromatic N) is 4. The molecule has 2 aliphatic rings. The summed E-state index contributed by atoms with van der Waals surface area (Å²) >= 11 is 0. The quantitative estimate of drug-likeness (QED) is 0.311. The number of nitro groups is 1. The molecule has 5 rings (SSSR count). The van der Waals surface area contributed by atoms with Crippen molar-refractivity contribution in [1.82, 2.24) is 4.90 Å². The van der Waals surface area contributed by atoms with Crippen LogP contribution in [0.25, 0.3) is 0 Å². The smallest absolute Gasteiger partial charge is 0.293 e. The number of hydrogen-bond acceptors (Lipinski definition) is 6. The summed E-state index contributed by atoms with van der Waals surface area (Å²) < 4.78 is 0. The first-order chi connectivity index (χ1) is 17.0. The molecule has 2 heterocycles. The second-order valence-electron chi connectivity index (χ2n) is 8.84. The molecule has 1 fully saturated rings. The van der Waals surface area contributed by atoms with E-state index in [2.05, 4.69) is 11.0 Å². The van der Waals surface area contributed by atoms with Gasteiger partial charge in [-0.2, -0.15) is 0 Å². The monoisotopic (exact) mass is 470 g/mol. The van der Waals surface area contributed by atoms with Gasteiger partial charge in [-0.15, -0.1) is 0 Å². The van der Waals surface area contributed by atoms with Crippen molar-refractivity contribution in [2.75, 3.05) is 49.1 Å². The molecule has 1 amide bonds. The van der Waals surface area contributed by atoms with Gasteiger partial charge in [0.1, 0.15) is 5.69 Å². The Morgan fingerprint density at radius 3 is 2.26 bits per heavy atom. The van der Waals surface area contributed by atoms with Crippen LogP contribution in [0.5, 0.6) is 0 Å². The van der Waals surface area contributed by atoms with Crippen LogP contribution in [0.2, 0.25) is 0 Å². The SMILES string of the molecule is O=C(c1ccccc1)c1ccc(N2CCN(CC(=O)N3CCc4ccccc43)CC2)c([N+](=O)[O-])c1. The van der Waals surface area contributed by atoms with E-state index in [0.717, 1.165) is 12.1 Å². The van der Waals surface area contributed by atoms with Crippen molar-refractivity contribution in [3.63, 3.8) is 0 Å². The third kappa shape index (κ3) is 4.65. The third-order valence-corrected chi connectivity index (χ3v) is 6.73. The van der Waals surface area contributed by atoms with Crippen molar-refractivity contribution in [3.8, 4) is 0 Å². The summed E-state index contributed by atoms with van der Waals surface area (Å²) in [4.78, 5) is 43.0. The molecule has 8 heteroatoms. The number of rotatable bonds is 6. The summed E-state index contributed by atoms with van der Waals surface area (Å²) in [6.45, 7) is 3.42. The predicted molar refractivity (Wildman–Crippen MR) is 134 cm³/mol. The highest BCUT2D eigenvalue weighted by Gasteiger charge is 2.29. The molecule has 0 radical (unpaired) electrons. The van der Waals surface area contributed by atoms with E-state index in [1.807, 2.05) is 34.1 Å². The highest BCUT2D eigenvalue weighted by Crippen LogP contribution is 2.31. The highest BCUT2D eigenvalue weighted by atomic mass is 16.6. The maximum Gasteiger partial charge on any atom is 0.293 e. The second kappa shape index (κ2) is 9.68. The Balaban J connectivity index is 1.25. The summed E-state index contributed by atoms with van der Waals surface area (Å²) in [6.07, 6.45) is 0.877. The van der Waals surface area contributed by atoms with Gasteiger partial charge in [-0.1, -0.05) is 48.5 Å². The molecule has 0 saturated carbocycles. The number of amides is 1. The lowest BCUT2D eigenvalue weighted by molar-refractivity contribution is -0.384. The van der Waals surface area contributed by atoms with Gasteiger partial charge in [0.2, 0.25) is 5.91 Å². The molecule has 0 spiro atoms. The maximum atomic E-state index is 12.9. The Morgan fingerprint density at radius 1 is 0.800 bits per heavy atom. The number of para-hydroxylation sites is 1. The molecule has 0 aliphatic carbocycles. The average Bonchev–Trinajstić information content (AvgIpc) is 3.33. The molecular weight excluding hydrogens is 444 g/mol. The van der Waals surface area contributed by atoms with Gasteiger partial charge in [0, 0.05) is 55.6 Å². The first-order valence-electron chi connectivity index (χ1n) is 11.7. The zero-order valence-electron chi connectivity index (χ0n) is 19.3. The van der Waals surface area contributed by atoms with Crippen LogP contribution in [0, 0.1) is 10.1 Å². The number of carbonyl (C=O) groups is 2. The first-order valence-corrected chi connectivity index (χ1v) is 11.7. The number of anilines is 2. The average molecular weight is 471 g/mol. The number of ketones is 1. The molecule has 3 aromatic carbocycles. The van der Waals surface area contributed by atoms with E-state index in [1.54, 1.807) is 36.4 Å². The third-order valence-electron chi connectivity index (χ3n) is 6.73. The summed E-state index contributed by atoms with van der Waals surface area (Å²) in [7, 11) is 0. The molecule has 8 nitrogen and oxygen atoms in total. The summed E-state index contributed by atoms with van der Waals surface area (Å²) in [5.41, 5.74) is 3.41. The fourth-order valence-electron chi connectivity index (χ4n) is 4.86. The lowest BCUT2D eigenvalue weighted by Crippen LogP contribution is -2.50. The fraction of sp³-hybridized carbons (Fsp3) is 0.259. The fourth-order valence-corrected chi connectivity index (χ4v) is 4.86. The highest BCUT2D eigenvalue weighted by molar-refractivity contribution is 6.09. The predicted octanol–water partition coefficient (Wildman–Crippen LogP) is 3.54. The molecule has 35 heavy (non-hydrogen) atoms. The van der Waals surface area contributed by atoms with Gasteiger partial charge in [0.15, 0.2) is 5.78 Å². The lowest BCUT2D eigenvalue weighted by atomic mass is 10.0. The van der Waals surface area contributed by atoms with Crippen LogP contribution in [0.4, 0.5) is 17.1 Å². The van der Waals surface area contributed by atoms with E-state index >= 15 is 0 Å². The van der Waals surface area contributed by atoms with Gasteiger partial charge < -0.3 is 9.80 Å². The van der Waals surface area contributed by atoms with Crippen LogP contribution in [-0.2, 0) is 11.2 Å². The van der Waals surface area contributed by atoms with Crippen LogP contribution in [-0.4, -0.2) is 60.8 Å². The molecule has 178 valence electrons. The van der Waals surface area contributed by atoms with Crippen LogP contribution < -0.4 is 9.80 Å². The van der Waals surface area contributed by atoms with Crippen LogP contribution >= 0.6 is 0 Å². The molecular formula is C27H26N4O4. The van der Waals surface area contributed by atoms with Crippen molar-refractivity contribution in [1.29, 1.82) is 0 Å².